The second-order valence-electron chi connectivity index (χ2n) is 5.22. The third kappa shape index (κ3) is 7.41. The van der Waals surface area contributed by atoms with Gasteiger partial charge in [0.2, 0.25) is 0 Å². The number of rotatable bonds is 8. The fourth-order valence-electron chi connectivity index (χ4n) is 2.58. The van der Waals surface area contributed by atoms with Gasteiger partial charge in [-0.15, -0.1) is 0 Å². The van der Waals surface area contributed by atoms with Crippen molar-refractivity contribution in [2.24, 2.45) is 17.8 Å². The van der Waals surface area contributed by atoms with Crippen molar-refractivity contribution in [3.63, 3.8) is 0 Å². The molecule has 3 atom stereocenters. The van der Waals surface area contributed by atoms with Crippen molar-refractivity contribution in [2.75, 3.05) is 0 Å². The molecule has 0 heterocycles. The van der Waals surface area contributed by atoms with E-state index in [1.54, 1.807) is 0 Å². The molecule has 85 valence electrons. The summed E-state index contributed by atoms with van der Waals surface area (Å²) in [5.41, 5.74) is 0. The third-order valence-corrected chi connectivity index (χ3v) is 3.03. The van der Waals surface area contributed by atoms with Crippen molar-refractivity contribution in [1.82, 2.24) is 0 Å². The Labute approximate surface area is 91.5 Å². The van der Waals surface area contributed by atoms with Crippen molar-refractivity contribution in [3.8, 4) is 0 Å². The minimum Gasteiger partial charge on any atom is -0.0654 e. The van der Waals surface area contributed by atoms with Crippen LogP contribution in [0.2, 0.25) is 0 Å². The SMILES string of the molecule is C[CH]CC(C)CC(C)CC(C)CCC. The molecular weight excluding hydrogens is 168 g/mol. The third-order valence-electron chi connectivity index (χ3n) is 3.03. The first-order chi connectivity index (χ1) is 6.60. The van der Waals surface area contributed by atoms with Crippen molar-refractivity contribution in [2.45, 2.75) is 66.7 Å². The minimum absolute atomic E-state index is 0.879. The average Bonchev–Trinajstić information content (AvgIpc) is 2.03. The normalized spacial score (nSPS) is 17.8. The van der Waals surface area contributed by atoms with E-state index in [1.165, 1.54) is 32.1 Å². The zero-order valence-corrected chi connectivity index (χ0v) is 10.8. The summed E-state index contributed by atoms with van der Waals surface area (Å²) in [7, 11) is 0. The fraction of sp³-hybridized carbons (Fsp3) is 0.929. The maximum absolute atomic E-state index is 2.42. The van der Waals surface area contributed by atoms with Gasteiger partial charge in [0.05, 0.1) is 0 Å². The first-order valence-electron chi connectivity index (χ1n) is 6.37. The van der Waals surface area contributed by atoms with Crippen LogP contribution in [0.15, 0.2) is 0 Å². The highest BCUT2D eigenvalue weighted by Gasteiger charge is 2.11. The van der Waals surface area contributed by atoms with Crippen LogP contribution in [0.3, 0.4) is 0 Å². The van der Waals surface area contributed by atoms with Crippen molar-refractivity contribution in [1.29, 1.82) is 0 Å². The molecule has 0 aromatic heterocycles. The van der Waals surface area contributed by atoms with Crippen LogP contribution in [0.1, 0.15) is 66.7 Å². The molecule has 0 aliphatic heterocycles. The Morgan fingerprint density at radius 3 is 2.00 bits per heavy atom. The molecule has 0 N–H and O–H groups in total. The van der Waals surface area contributed by atoms with Crippen molar-refractivity contribution in [3.05, 3.63) is 6.42 Å². The molecule has 0 amide bonds. The molecule has 0 aliphatic carbocycles. The molecule has 0 aliphatic rings. The monoisotopic (exact) mass is 197 g/mol. The standard InChI is InChI=1S/C14H29/c1-6-8-12(3)10-14(5)11-13(4)9-7-2/h6,12-14H,7-11H2,1-5H3. The molecule has 1 radical (unpaired) electrons. The molecule has 0 heteroatoms. The van der Waals surface area contributed by atoms with Crippen molar-refractivity contribution >= 4 is 0 Å². The molecule has 0 saturated heterocycles. The Kier molecular flexibility index (Phi) is 8.32. The van der Waals surface area contributed by atoms with Crippen molar-refractivity contribution < 1.29 is 0 Å². The molecule has 0 saturated carbocycles. The largest absolute Gasteiger partial charge is 0.0654 e. The van der Waals surface area contributed by atoms with Gasteiger partial charge in [-0.1, -0.05) is 47.5 Å². The van der Waals surface area contributed by atoms with Gasteiger partial charge in [-0.3, -0.25) is 0 Å². The maximum atomic E-state index is 2.42. The molecule has 14 heavy (non-hydrogen) atoms. The van der Waals surface area contributed by atoms with Gasteiger partial charge in [-0.05, 0) is 43.4 Å². The van der Waals surface area contributed by atoms with Gasteiger partial charge >= 0.3 is 0 Å². The molecule has 3 unspecified atom stereocenters. The zero-order chi connectivity index (χ0) is 11.0. The van der Waals surface area contributed by atoms with Gasteiger partial charge in [0, 0.05) is 0 Å². The smallest absolute Gasteiger partial charge is 0.0414 e. The highest BCUT2D eigenvalue weighted by atomic mass is 14.2. The number of hydrogen-bond donors (Lipinski definition) is 0. The Hall–Kier alpha value is 0. The lowest BCUT2D eigenvalue weighted by atomic mass is 9.86. The van der Waals surface area contributed by atoms with E-state index in [2.05, 4.69) is 41.0 Å². The van der Waals surface area contributed by atoms with Crippen LogP contribution in [0.4, 0.5) is 0 Å². The zero-order valence-electron chi connectivity index (χ0n) is 10.8. The summed E-state index contributed by atoms with van der Waals surface area (Å²) >= 11 is 0. The highest BCUT2D eigenvalue weighted by Crippen LogP contribution is 2.24. The minimum atomic E-state index is 0.879. The van der Waals surface area contributed by atoms with Crippen LogP contribution in [-0.2, 0) is 0 Å². The number of hydrogen-bond acceptors (Lipinski definition) is 0. The van der Waals surface area contributed by atoms with Crippen LogP contribution >= 0.6 is 0 Å². The van der Waals surface area contributed by atoms with Crippen LogP contribution in [0.5, 0.6) is 0 Å². The molecule has 0 nitrogen and oxygen atoms in total. The van der Waals surface area contributed by atoms with Crippen LogP contribution in [-0.4, -0.2) is 0 Å². The Bertz CT molecular complexity index is 103. The lowest BCUT2D eigenvalue weighted by Crippen LogP contribution is -2.07. The van der Waals surface area contributed by atoms with Gasteiger partial charge in [-0.25, -0.2) is 0 Å². The van der Waals surface area contributed by atoms with E-state index in [1.807, 2.05) is 0 Å². The first kappa shape index (κ1) is 14.0. The molecule has 0 aromatic rings. The van der Waals surface area contributed by atoms with E-state index in [0.29, 0.717) is 0 Å². The highest BCUT2D eigenvalue weighted by molar-refractivity contribution is 4.67. The maximum Gasteiger partial charge on any atom is -0.0414 e. The Balaban J connectivity index is 3.57. The van der Waals surface area contributed by atoms with E-state index in [4.69, 9.17) is 0 Å². The molecule has 0 aromatic carbocycles. The summed E-state index contributed by atoms with van der Waals surface area (Å²) in [5.74, 6) is 2.71. The second kappa shape index (κ2) is 8.32. The predicted octanol–water partition coefficient (Wildman–Crippen LogP) is 5.09. The van der Waals surface area contributed by atoms with Gasteiger partial charge in [0.25, 0.3) is 0 Å². The Morgan fingerprint density at radius 1 is 0.929 bits per heavy atom. The van der Waals surface area contributed by atoms with E-state index in [0.717, 1.165) is 17.8 Å². The van der Waals surface area contributed by atoms with Crippen LogP contribution in [0, 0.1) is 24.2 Å². The summed E-state index contributed by atoms with van der Waals surface area (Å²) < 4.78 is 0. The van der Waals surface area contributed by atoms with E-state index in [-0.39, 0.29) is 0 Å². The molecule has 0 rings (SSSR count). The lowest BCUT2D eigenvalue weighted by Gasteiger charge is -2.20. The van der Waals surface area contributed by atoms with Crippen LogP contribution in [0.25, 0.3) is 0 Å². The summed E-state index contributed by atoms with van der Waals surface area (Å²) in [6.07, 6.45) is 9.14. The summed E-state index contributed by atoms with van der Waals surface area (Å²) in [6.45, 7) is 11.6. The van der Waals surface area contributed by atoms with Gasteiger partial charge < -0.3 is 0 Å². The molecule has 0 fully saturated rings. The average molecular weight is 197 g/mol. The summed E-state index contributed by atoms with van der Waals surface area (Å²) in [4.78, 5) is 0. The Morgan fingerprint density at radius 2 is 1.50 bits per heavy atom. The second-order valence-corrected chi connectivity index (χ2v) is 5.22. The van der Waals surface area contributed by atoms with Gasteiger partial charge in [0.1, 0.15) is 0 Å². The fourth-order valence-corrected chi connectivity index (χ4v) is 2.58. The quantitative estimate of drug-likeness (QED) is 0.508. The topological polar surface area (TPSA) is 0 Å². The molecule has 0 spiro atoms. The lowest BCUT2D eigenvalue weighted by molar-refractivity contribution is 0.330. The van der Waals surface area contributed by atoms with Crippen LogP contribution < -0.4 is 0 Å². The van der Waals surface area contributed by atoms with E-state index >= 15 is 0 Å². The van der Waals surface area contributed by atoms with E-state index in [9.17, 15) is 0 Å². The first-order valence-corrected chi connectivity index (χ1v) is 6.37. The predicted molar refractivity (Wildman–Crippen MR) is 66.2 cm³/mol. The van der Waals surface area contributed by atoms with Gasteiger partial charge in [0.15, 0.2) is 0 Å². The van der Waals surface area contributed by atoms with Gasteiger partial charge in [-0.2, -0.15) is 0 Å². The van der Waals surface area contributed by atoms with E-state index < -0.39 is 0 Å². The molecule has 0 bridgehead atoms. The summed E-state index contributed by atoms with van der Waals surface area (Å²) in [6, 6.07) is 0. The molecular formula is C14H29. The summed E-state index contributed by atoms with van der Waals surface area (Å²) in [5, 5.41) is 0.